The standard InChI is InChI=1S/C25H20N2O5/c1-29-18-9-6-16(7-10-18)21-13-23(19-4-2-3-5-20(19)27-21)30-14-25(28)26-17-8-11-22-24(12-17)32-15-31-22/h2-13H,14-15H2,1H3,(H,26,28). The van der Waals surface area contributed by atoms with E-state index in [2.05, 4.69) is 5.32 Å². The molecule has 3 aromatic carbocycles. The fourth-order valence-electron chi connectivity index (χ4n) is 3.49. The minimum Gasteiger partial charge on any atom is -0.497 e. The lowest BCUT2D eigenvalue weighted by Crippen LogP contribution is -2.20. The summed E-state index contributed by atoms with van der Waals surface area (Å²) in [5, 5.41) is 3.65. The Morgan fingerprint density at radius 3 is 2.66 bits per heavy atom. The number of aromatic nitrogens is 1. The summed E-state index contributed by atoms with van der Waals surface area (Å²) in [4.78, 5) is 17.3. The van der Waals surface area contributed by atoms with Gasteiger partial charge in [-0.1, -0.05) is 12.1 Å². The summed E-state index contributed by atoms with van der Waals surface area (Å²) >= 11 is 0. The minimum absolute atomic E-state index is 0.148. The highest BCUT2D eigenvalue weighted by molar-refractivity contribution is 5.93. The van der Waals surface area contributed by atoms with Gasteiger partial charge in [-0.15, -0.1) is 0 Å². The van der Waals surface area contributed by atoms with Crippen molar-refractivity contribution < 1.29 is 23.7 Å². The first kappa shape index (κ1) is 19.7. The molecule has 0 fully saturated rings. The minimum atomic E-state index is -0.282. The van der Waals surface area contributed by atoms with E-state index >= 15 is 0 Å². The van der Waals surface area contributed by atoms with Gasteiger partial charge in [-0.25, -0.2) is 4.98 Å². The Bertz CT molecular complexity index is 1290. The van der Waals surface area contributed by atoms with Crippen molar-refractivity contribution >= 4 is 22.5 Å². The second-order valence-corrected chi connectivity index (χ2v) is 7.16. The maximum atomic E-state index is 12.5. The molecule has 32 heavy (non-hydrogen) atoms. The van der Waals surface area contributed by atoms with Crippen LogP contribution in [-0.2, 0) is 4.79 Å². The Hall–Kier alpha value is -4.26. The molecule has 1 aliphatic rings. The van der Waals surface area contributed by atoms with Crippen molar-refractivity contribution in [3.05, 3.63) is 72.8 Å². The fraction of sp³-hybridized carbons (Fsp3) is 0.120. The zero-order valence-corrected chi connectivity index (χ0v) is 17.3. The van der Waals surface area contributed by atoms with Gasteiger partial charge in [0.2, 0.25) is 6.79 Å². The van der Waals surface area contributed by atoms with E-state index in [0.29, 0.717) is 22.9 Å². The number of fused-ring (bicyclic) bond motifs is 2. The van der Waals surface area contributed by atoms with Crippen molar-refractivity contribution in [2.75, 3.05) is 25.8 Å². The topological polar surface area (TPSA) is 78.9 Å². The SMILES string of the molecule is COc1ccc(-c2cc(OCC(=O)Nc3ccc4c(c3)OCO4)c3ccccc3n2)cc1. The summed E-state index contributed by atoms with van der Waals surface area (Å²) in [5.41, 5.74) is 3.07. The molecule has 5 rings (SSSR count). The number of para-hydroxylation sites is 1. The highest BCUT2D eigenvalue weighted by Gasteiger charge is 2.15. The van der Waals surface area contributed by atoms with Gasteiger partial charge in [-0.05, 0) is 48.5 Å². The van der Waals surface area contributed by atoms with Crippen molar-refractivity contribution in [3.8, 4) is 34.3 Å². The third-order valence-electron chi connectivity index (χ3n) is 5.08. The molecule has 0 spiro atoms. The monoisotopic (exact) mass is 428 g/mol. The Kier molecular flexibility index (Phi) is 5.21. The van der Waals surface area contributed by atoms with E-state index in [9.17, 15) is 4.79 Å². The molecule has 2 heterocycles. The second-order valence-electron chi connectivity index (χ2n) is 7.16. The summed E-state index contributed by atoms with van der Waals surface area (Å²) in [5.74, 6) is 2.34. The van der Waals surface area contributed by atoms with Crippen LogP contribution in [0.4, 0.5) is 5.69 Å². The smallest absolute Gasteiger partial charge is 0.262 e. The van der Waals surface area contributed by atoms with Gasteiger partial charge in [0.15, 0.2) is 18.1 Å². The lowest BCUT2D eigenvalue weighted by Gasteiger charge is -2.12. The Morgan fingerprint density at radius 2 is 1.81 bits per heavy atom. The van der Waals surface area contributed by atoms with E-state index in [1.807, 2.05) is 54.6 Å². The van der Waals surface area contributed by atoms with Crippen LogP contribution in [0.2, 0.25) is 0 Å². The predicted octanol–water partition coefficient (Wildman–Crippen LogP) is 4.66. The number of pyridine rings is 1. The molecule has 0 unspecified atom stereocenters. The number of amides is 1. The number of carbonyl (C=O) groups is 1. The zero-order chi connectivity index (χ0) is 21.9. The van der Waals surface area contributed by atoms with Crippen molar-refractivity contribution in [2.45, 2.75) is 0 Å². The molecule has 0 aliphatic carbocycles. The fourth-order valence-corrected chi connectivity index (χ4v) is 3.49. The lowest BCUT2D eigenvalue weighted by molar-refractivity contribution is -0.118. The van der Waals surface area contributed by atoms with Crippen LogP contribution < -0.4 is 24.3 Å². The molecule has 1 amide bonds. The van der Waals surface area contributed by atoms with E-state index in [1.54, 1.807) is 25.3 Å². The quantitative estimate of drug-likeness (QED) is 0.481. The number of hydrogen-bond acceptors (Lipinski definition) is 6. The Morgan fingerprint density at radius 1 is 1.00 bits per heavy atom. The van der Waals surface area contributed by atoms with Gasteiger partial charge in [0.1, 0.15) is 11.5 Å². The summed E-state index contributed by atoms with van der Waals surface area (Å²) in [6.45, 7) is 0.0337. The number of rotatable bonds is 6. The number of anilines is 1. The van der Waals surface area contributed by atoms with Gasteiger partial charge < -0.3 is 24.3 Å². The van der Waals surface area contributed by atoms with Gasteiger partial charge >= 0.3 is 0 Å². The summed E-state index contributed by atoms with van der Waals surface area (Å²) in [6, 6.07) is 22.4. The molecule has 0 saturated heterocycles. The number of nitrogens with zero attached hydrogens (tertiary/aromatic N) is 1. The van der Waals surface area contributed by atoms with Gasteiger partial charge in [0, 0.05) is 28.8 Å². The maximum Gasteiger partial charge on any atom is 0.262 e. The van der Waals surface area contributed by atoms with E-state index in [4.69, 9.17) is 23.9 Å². The molecule has 1 aliphatic heterocycles. The number of methoxy groups -OCH3 is 1. The highest BCUT2D eigenvalue weighted by Crippen LogP contribution is 2.34. The second kappa shape index (κ2) is 8.47. The van der Waals surface area contributed by atoms with Crippen LogP contribution in [0.25, 0.3) is 22.2 Å². The molecular weight excluding hydrogens is 408 g/mol. The molecule has 7 nitrogen and oxygen atoms in total. The van der Waals surface area contributed by atoms with Gasteiger partial charge in [-0.3, -0.25) is 4.79 Å². The van der Waals surface area contributed by atoms with E-state index in [0.717, 1.165) is 27.9 Å². The normalized spacial score (nSPS) is 11.9. The van der Waals surface area contributed by atoms with Crippen LogP contribution in [-0.4, -0.2) is 31.4 Å². The van der Waals surface area contributed by atoms with Gasteiger partial charge in [0.25, 0.3) is 5.91 Å². The largest absolute Gasteiger partial charge is 0.497 e. The predicted molar refractivity (Wildman–Crippen MR) is 120 cm³/mol. The molecule has 0 radical (unpaired) electrons. The van der Waals surface area contributed by atoms with Crippen molar-refractivity contribution in [1.29, 1.82) is 0 Å². The summed E-state index contributed by atoms with van der Waals surface area (Å²) in [6.07, 6.45) is 0. The van der Waals surface area contributed by atoms with Crippen LogP contribution in [0.5, 0.6) is 23.0 Å². The highest BCUT2D eigenvalue weighted by atomic mass is 16.7. The Labute approximate surface area is 184 Å². The van der Waals surface area contributed by atoms with E-state index in [-0.39, 0.29) is 19.3 Å². The Balaban J connectivity index is 1.36. The number of carbonyl (C=O) groups excluding carboxylic acids is 1. The number of ether oxygens (including phenoxy) is 4. The summed E-state index contributed by atoms with van der Waals surface area (Å²) < 4.78 is 21.8. The van der Waals surface area contributed by atoms with Crippen molar-refractivity contribution in [2.24, 2.45) is 0 Å². The first-order valence-corrected chi connectivity index (χ1v) is 10.1. The van der Waals surface area contributed by atoms with Crippen LogP contribution in [0, 0.1) is 0 Å². The first-order chi connectivity index (χ1) is 15.7. The maximum absolute atomic E-state index is 12.5. The zero-order valence-electron chi connectivity index (χ0n) is 17.3. The van der Waals surface area contributed by atoms with Crippen molar-refractivity contribution in [3.63, 3.8) is 0 Å². The van der Waals surface area contributed by atoms with Crippen LogP contribution in [0.1, 0.15) is 0 Å². The van der Waals surface area contributed by atoms with Crippen LogP contribution in [0.3, 0.4) is 0 Å². The van der Waals surface area contributed by atoms with Crippen molar-refractivity contribution in [1.82, 2.24) is 4.98 Å². The first-order valence-electron chi connectivity index (χ1n) is 10.1. The number of nitrogens with one attached hydrogen (secondary N) is 1. The van der Waals surface area contributed by atoms with Crippen LogP contribution >= 0.6 is 0 Å². The molecule has 7 heteroatoms. The molecule has 0 atom stereocenters. The average Bonchev–Trinajstić information content (AvgIpc) is 3.30. The van der Waals surface area contributed by atoms with Gasteiger partial charge in [0.05, 0.1) is 18.3 Å². The molecule has 0 bridgehead atoms. The molecular formula is C25H20N2O5. The molecule has 160 valence electrons. The lowest BCUT2D eigenvalue weighted by atomic mass is 10.1. The number of benzene rings is 3. The summed E-state index contributed by atoms with van der Waals surface area (Å²) in [7, 11) is 1.63. The van der Waals surface area contributed by atoms with Crippen LogP contribution in [0.15, 0.2) is 72.8 Å². The average molecular weight is 428 g/mol. The third kappa shape index (κ3) is 4.00. The molecule has 1 aromatic heterocycles. The third-order valence-corrected chi connectivity index (χ3v) is 5.08. The molecule has 4 aromatic rings. The van der Waals surface area contributed by atoms with Gasteiger partial charge in [-0.2, -0.15) is 0 Å². The van der Waals surface area contributed by atoms with E-state index in [1.165, 1.54) is 0 Å². The van der Waals surface area contributed by atoms with E-state index < -0.39 is 0 Å². The molecule has 1 N–H and O–H groups in total. The number of hydrogen-bond donors (Lipinski definition) is 1. The molecule has 0 saturated carbocycles.